The third kappa shape index (κ3) is 3.90. The number of aromatic nitrogens is 1. The standard InChI is InChI=1S/C17H17N3O/c1-2-20(11-8-14-6-9-19-10-7-14)17(21)16-5-3-4-15(12-16)13-18/h3-7,9-10,12H,2,8,11H2,1H3. The van der Waals surface area contributed by atoms with E-state index in [-0.39, 0.29) is 5.91 Å². The van der Waals surface area contributed by atoms with E-state index in [1.807, 2.05) is 19.1 Å². The molecular weight excluding hydrogens is 262 g/mol. The fourth-order valence-electron chi connectivity index (χ4n) is 2.12. The highest BCUT2D eigenvalue weighted by atomic mass is 16.2. The van der Waals surface area contributed by atoms with Crippen LogP contribution in [0.25, 0.3) is 0 Å². The number of hydrogen-bond donors (Lipinski definition) is 0. The van der Waals surface area contributed by atoms with Crippen LogP contribution >= 0.6 is 0 Å². The molecule has 4 heteroatoms. The normalized spacial score (nSPS) is 9.90. The zero-order chi connectivity index (χ0) is 15.1. The zero-order valence-electron chi connectivity index (χ0n) is 12.0. The Hall–Kier alpha value is -2.67. The maximum Gasteiger partial charge on any atom is 0.253 e. The van der Waals surface area contributed by atoms with Crippen LogP contribution in [-0.2, 0) is 6.42 Å². The smallest absolute Gasteiger partial charge is 0.253 e. The Balaban J connectivity index is 2.06. The van der Waals surface area contributed by atoms with Gasteiger partial charge in [0.1, 0.15) is 0 Å². The van der Waals surface area contributed by atoms with Crippen LogP contribution in [0.2, 0.25) is 0 Å². The third-order valence-electron chi connectivity index (χ3n) is 3.33. The third-order valence-corrected chi connectivity index (χ3v) is 3.33. The van der Waals surface area contributed by atoms with Crippen molar-refractivity contribution >= 4 is 5.91 Å². The van der Waals surface area contributed by atoms with E-state index < -0.39 is 0 Å². The van der Waals surface area contributed by atoms with Gasteiger partial charge in [-0.15, -0.1) is 0 Å². The predicted octanol–water partition coefficient (Wildman–Crippen LogP) is 2.66. The molecule has 1 aromatic carbocycles. The van der Waals surface area contributed by atoms with Crippen molar-refractivity contribution in [1.29, 1.82) is 5.26 Å². The molecule has 0 saturated heterocycles. The Morgan fingerprint density at radius 2 is 2.05 bits per heavy atom. The van der Waals surface area contributed by atoms with Gasteiger partial charge < -0.3 is 4.90 Å². The molecule has 21 heavy (non-hydrogen) atoms. The Kier molecular flexibility index (Phi) is 5.05. The molecule has 0 spiro atoms. The minimum atomic E-state index is -0.0383. The Bertz CT molecular complexity index is 647. The molecule has 0 aliphatic heterocycles. The van der Waals surface area contributed by atoms with Crippen molar-refractivity contribution in [2.75, 3.05) is 13.1 Å². The number of benzene rings is 1. The summed E-state index contributed by atoms with van der Waals surface area (Å²) in [7, 11) is 0. The maximum absolute atomic E-state index is 12.5. The second-order valence-corrected chi connectivity index (χ2v) is 4.68. The highest BCUT2D eigenvalue weighted by molar-refractivity contribution is 5.94. The second-order valence-electron chi connectivity index (χ2n) is 4.68. The Morgan fingerprint density at radius 3 is 2.71 bits per heavy atom. The summed E-state index contributed by atoms with van der Waals surface area (Å²) in [5, 5.41) is 8.91. The average Bonchev–Trinajstić information content (AvgIpc) is 2.56. The largest absolute Gasteiger partial charge is 0.339 e. The van der Waals surface area contributed by atoms with Crippen molar-refractivity contribution in [3.8, 4) is 6.07 Å². The van der Waals surface area contributed by atoms with E-state index in [0.29, 0.717) is 24.2 Å². The molecule has 106 valence electrons. The molecule has 1 heterocycles. The van der Waals surface area contributed by atoms with Crippen LogP contribution < -0.4 is 0 Å². The molecule has 0 N–H and O–H groups in total. The lowest BCUT2D eigenvalue weighted by atomic mass is 10.1. The number of nitrogens with zero attached hydrogens (tertiary/aromatic N) is 3. The summed E-state index contributed by atoms with van der Waals surface area (Å²) in [6.45, 7) is 3.25. The van der Waals surface area contributed by atoms with Crippen LogP contribution in [0.4, 0.5) is 0 Å². The van der Waals surface area contributed by atoms with Gasteiger partial charge in [0, 0.05) is 31.0 Å². The number of pyridine rings is 1. The first-order valence-electron chi connectivity index (χ1n) is 6.93. The van der Waals surface area contributed by atoms with Crippen LogP contribution in [0.5, 0.6) is 0 Å². The predicted molar refractivity (Wildman–Crippen MR) is 80.7 cm³/mol. The van der Waals surface area contributed by atoms with E-state index in [2.05, 4.69) is 11.1 Å². The molecule has 0 unspecified atom stereocenters. The van der Waals surface area contributed by atoms with Crippen molar-refractivity contribution in [2.45, 2.75) is 13.3 Å². The van der Waals surface area contributed by atoms with Gasteiger partial charge in [0.2, 0.25) is 0 Å². The van der Waals surface area contributed by atoms with E-state index in [0.717, 1.165) is 12.0 Å². The highest BCUT2D eigenvalue weighted by Gasteiger charge is 2.14. The summed E-state index contributed by atoms with van der Waals surface area (Å²) < 4.78 is 0. The van der Waals surface area contributed by atoms with Crippen LogP contribution in [0.3, 0.4) is 0 Å². The lowest BCUT2D eigenvalue weighted by Gasteiger charge is -2.21. The molecule has 0 atom stereocenters. The fourth-order valence-corrected chi connectivity index (χ4v) is 2.12. The first-order valence-corrected chi connectivity index (χ1v) is 6.93. The monoisotopic (exact) mass is 279 g/mol. The summed E-state index contributed by atoms with van der Waals surface area (Å²) in [4.78, 5) is 18.2. The summed E-state index contributed by atoms with van der Waals surface area (Å²) in [6.07, 6.45) is 4.30. The fraction of sp³-hybridized carbons (Fsp3) is 0.235. The molecule has 4 nitrogen and oxygen atoms in total. The number of carbonyl (C=O) groups excluding carboxylic acids is 1. The van der Waals surface area contributed by atoms with Gasteiger partial charge >= 0.3 is 0 Å². The lowest BCUT2D eigenvalue weighted by molar-refractivity contribution is 0.0766. The molecule has 2 rings (SSSR count). The van der Waals surface area contributed by atoms with Crippen molar-refractivity contribution in [3.05, 3.63) is 65.5 Å². The molecule has 0 bridgehead atoms. The minimum Gasteiger partial charge on any atom is -0.339 e. The highest BCUT2D eigenvalue weighted by Crippen LogP contribution is 2.09. The minimum absolute atomic E-state index is 0.0383. The zero-order valence-corrected chi connectivity index (χ0v) is 12.0. The van der Waals surface area contributed by atoms with E-state index in [9.17, 15) is 4.79 Å². The number of carbonyl (C=O) groups is 1. The van der Waals surface area contributed by atoms with E-state index in [1.54, 1.807) is 41.6 Å². The van der Waals surface area contributed by atoms with Crippen LogP contribution in [0.15, 0.2) is 48.8 Å². The van der Waals surface area contributed by atoms with Gasteiger partial charge in [0.25, 0.3) is 5.91 Å². The van der Waals surface area contributed by atoms with Crippen molar-refractivity contribution in [3.63, 3.8) is 0 Å². The van der Waals surface area contributed by atoms with Gasteiger partial charge in [0.15, 0.2) is 0 Å². The van der Waals surface area contributed by atoms with Gasteiger partial charge in [-0.2, -0.15) is 5.26 Å². The molecule has 0 radical (unpaired) electrons. The van der Waals surface area contributed by atoms with E-state index >= 15 is 0 Å². The number of amides is 1. The second kappa shape index (κ2) is 7.20. The van der Waals surface area contributed by atoms with Gasteiger partial charge in [-0.25, -0.2) is 0 Å². The first kappa shape index (κ1) is 14.7. The summed E-state index contributed by atoms with van der Waals surface area (Å²) in [5.41, 5.74) is 2.22. The van der Waals surface area contributed by atoms with Crippen LogP contribution in [-0.4, -0.2) is 28.9 Å². The number of rotatable bonds is 5. The molecule has 2 aromatic rings. The summed E-state index contributed by atoms with van der Waals surface area (Å²) in [6, 6.07) is 12.8. The molecule has 0 aliphatic carbocycles. The summed E-state index contributed by atoms with van der Waals surface area (Å²) in [5.74, 6) is -0.0383. The van der Waals surface area contributed by atoms with E-state index in [1.165, 1.54) is 0 Å². The topological polar surface area (TPSA) is 57.0 Å². The van der Waals surface area contributed by atoms with Gasteiger partial charge in [-0.3, -0.25) is 9.78 Å². The SMILES string of the molecule is CCN(CCc1ccncc1)C(=O)c1cccc(C#N)c1. The first-order chi connectivity index (χ1) is 10.2. The molecule has 0 fully saturated rings. The lowest BCUT2D eigenvalue weighted by Crippen LogP contribution is -2.32. The summed E-state index contributed by atoms with van der Waals surface area (Å²) >= 11 is 0. The van der Waals surface area contributed by atoms with Crippen molar-refractivity contribution in [2.24, 2.45) is 0 Å². The van der Waals surface area contributed by atoms with Crippen LogP contribution in [0.1, 0.15) is 28.4 Å². The number of likely N-dealkylation sites (N-methyl/N-ethyl adjacent to an activating group) is 1. The van der Waals surface area contributed by atoms with Gasteiger partial charge in [0.05, 0.1) is 11.6 Å². The molecule has 0 aliphatic rings. The molecule has 0 saturated carbocycles. The molecule has 1 amide bonds. The Morgan fingerprint density at radius 1 is 1.29 bits per heavy atom. The van der Waals surface area contributed by atoms with E-state index in [4.69, 9.17) is 5.26 Å². The van der Waals surface area contributed by atoms with Gasteiger partial charge in [-0.1, -0.05) is 6.07 Å². The number of nitriles is 1. The molecular formula is C17H17N3O. The number of hydrogen-bond acceptors (Lipinski definition) is 3. The average molecular weight is 279 g/mol. The van der Waals surface area contributed by atoms with Crippen LogP contribution in [0, 0.1) is 11.3 Å². The Labute approximate surface area is 124 Å². The molecule has 1 aromatic heterocycles. The maximum atomic E-state index is 12.5. The quantitative estimate of drug-likeness (QED) is 0.845. The van der Waals surface area contributed by atoms with Crippen molar-refractivity contribution in [1.82, 2.24) is 9.88 Å². The van der Waals surface area contributed by atoms with Crippen molar-refractivity contribution < 1.29 is 4.79 Å². The van der Waals surface area contributed by atoms with Gasteiger partial charge in [-0.05, 0) is 49.2 Å².